The molecule has 4 N–H and O–H groups in total. The zero-order valence-electron chi connectivity index (χ0n) is 31.2. The van der Waals surface area contributed by atoms with Crippen molar-refractivity contribution < 1.29 is 34.2 Å². The Morgan fingerprint density at radius 3 is 1.79 bits per heavy atom. The number of aliphatic carboxylic acids is 1. The molecule has 0 unspecified atom stereocenters. The Bertz CT molecular complexity index is 1380. The third-order valence-electron chi connectivity index (χ3n) is 9.94. The highest BCUT2D eigenvalue weighted by Gasteiger charge is 2.37. The lowest BCUT2D eigenvalue weighted by Gasteiger charge is -2.29. The summed E-state index contributed by atoms with van der Waals surface area (Å²) in [5.74, 6) is -2.46. The second kappa shape index (κ2) is 24.1. The number of rotatable bonds is 26. The zero-order valence-corrected chi connectivity index (χ0v) is 31.2. The fraction of sp³-hybridized carbons (Fsp3) is 0.595. The Hall–Kier alpha value is -4.21. The van der Waals surface area contributed by atoms with Crippen molar-refractivity contribution in [1.29, 1.82) is 0 Å². The molecule has 1 fully saturated rings. The number of aromatic hydroxyl groups is 1. The monoisotopic (exact) mass is 719 g/mol. The lowest BCUT2D eigenvalue weighted by atomic mass is 10.0. The van der Waals surface area contributed by atoms with Crippen LogP contribution >= 0.6 is 0 Å². The highest BCUT2D eigenvalue weighted by Crippen LogP contribution is 2.22. The Kier molecular flexibility index (Phi) is 19.6. The SMILES string of the molecule is CCCCCCCCCCCCCCCC(=O)N[C@@H](Cc1ccccc1)C(=O)N1CCC[C@H]1C(=O)CCC(=O)N[C@@H](Cc1ccc(O)cc1)C(=O)O. The van der Waals surface area contributed by atoms with E-state index in [1.807, 2.05) is 30.3 Å². The van der Waals surface area contributed by atoms with Gasteiger partial charge in [-0.2, -0.15) is 0 Å². The van der Waals surface area contributed by atoms with Crippen LogP contribution in [0.4, 0.5) is 0 Å². The van der Waals surface area contributed by atoms with Gasteiger partial charge in [-0.05, 0) is 42.5 Å². The van der Waals surface area contributed by atoms with Crippen LogP contribution in [0.25, 0.3) is 0 Å². The minimum absolute atomic E-state index is 0.0219. The Balaban J connectivity index is 1.46. The van der Waals surface area contributed by atoms with E-state index in [4.69, 9.17) is 0 Å². The molecule has 1 aliphatic heterocycles. The number of carboxylic acids is 1. The van der Waals surface area contributed by atoms with Gasteiger partial charge in [0.15, 0.2) is 5.78 Å². The molecule has 0 bridgehead atoms. The van der Waals surface area contributed by atoms with Gasteiger partial charge in [-0.1, -0.05) is 126 Å². The van der Waals surface area contributed by atoms with Crippen molar-refractivity contribution in [2.75, 3.05) is 6.54 Å². The number of Topliss-reactive ketones (excluding diaryl/α,β-unsaturated/α-hetero) is 1. The number of ketones is 1. The number of nitrogens with one attached hydrogen (secondary N) is 2. The Labute approximate surface area is 310 Å². The summed E-state index contributed by atoms with van der Waals surface area (Å²) < 4.78 is 0. The van der Waals surface area contributed by atoms with Crippen molar-refractivity contribution in [3.8, 4) is 5.75 Å². The molecule has 1 aliphatic rings. The lowest BCUT2D eigenvalue weighted by Crippen LogP contribution is -2.52. The molecule has 0 saturated carbocycles. The minimum atomic E-state index is -1.21. The quantitative estimate of drug-likeness (QED) is 0.0760. The average Bonchev–Trinajstić information content (AvgIpc) is 3.63. The smallest absolute Gasteiger partial charge is 0.326 e. The number of phenols is 1. The number of hydrogen-bond acceptors (Lipinski definition) is 6. The van der Waals surface area contributed by atoms with Crippen LogP contribution in [0.15, 0.2) is 54.6 Å². The van der Waals surface area contributed by atoms with Crippen molar-refractivity contribution in [2.45, 2.75) is 153 Å². The van der Waals surface area contributed by atoms with E-state index in [2.05, 4.69) is 17.6 Å². The largest absolute Gasteiger partial charge is 0.508 e. The van der Waals surface area contributed by atoms with Crippen LogP contribution in [-0.4, -0.2) is 69.3 Å². The standard InChI is InChI=1S/C42H61N3O7/c1-2-3-4-5-6-7-8-9-10-11-12-13-17-22-39(48)43-35(30-32-19-15-14-16-20-32)41(50)45-29-18-21-37(45)38(47)27-28-40(49)44-36(42(51)52)31-33-23-25-34(46)26-24-33/h14-16,19-20,23-26,35-37,46H,2-13,17-18,21-22,27-31H2,1H3,(H,43,48)(H,44,49)(H,51,52)/t35-,36-,37-/m0/s1. The number of nitrogens with zero attached hydrogens (tertiary/aromatic N) is 1. The molecule has 0 radical (unpaired) electrons. The molecule has 2 aromatic rings. The van der Waals surface area contributed by atoms with Gasteiger partial charge in [0.1, 0.15) is 17.8 Å². The summed E-state index contributed by atoms with van der Waals surface area (Å²) in [5, 5.41) is 24.6. The summed E-state index contributed by atoms with van der Waals surface area (Å²) in [5.41, 5.74) is 1.53. The molecule has 0 aliphatic carbocycles. The predicted octanol–water partition coefficient (Wildman–Crippen LogP) is 7.05. The van der Waals surface area contributed by atoms with Crippen molar-refractivity contribution >= 4 is 29.5 Å². The van der Waals surface area contributed by atoms with E-state index in [1.165, 1.54) is 76.3 Å². The molecule has 286 valence electrons. The fourth-order valence-electron chi connectivity index (χ4n) is 6.92. The van der Waals surface area contributed by atoms with Crippen molar-refractivity contribution in [2.24, 2.45) is 0 Å². The number of hydrogen-bond donors (Lipinski definition) is 4. The molecule has 52 heavy (non-hydrogen) atoms. The van der Waals surface area contributed by atoms with Gasteiger partial charge in [-0.3, -0.25) is 19.2 Å². The van der Waals surface area contributed by atoms with Gasteiger partial charge in [-0.25, -0.2) is 4.79 Å². The van der Waals surface area contributed by atoms with E-state index in [0.29, 0.717) is 37.8 Å². The molecule has 1 heterocycles. The number of carbonyl (C=O) groups excluding carboxylic acids is 4. The molecule has 0 spiro atoms. The van der Waals surface area contributed by atoms with E-state index in [1.54, 1.807) is 17.0 Å². The second-order valence-corrected chi connectivity index (χ2v) is 14.3. The molecule has 2 aromatic carbocycles. The average molecular weight is 720 g/mol. The van der Waals surface area contributed by atoms with E-state index in [9.17, 15) is 34.2 Å². The molecular weight excluding hydrogens is 658 g/mol. The topological polar surface area (TPSA) is 153 Å². The van der Waals surface area contributed by atoms with Gasteiger partial charge in [0.25, 0.3) is 0 Å². The molecule has 1 saturated heterocycles. The van der Waals surface area contributed by atoms with Crippen LogP contribution in [0.2, 0.25) is 0 Å². The molecule has 3 rings (SSSR count). The summed E-state index contributed by atoms with van der Waals surface area (Å²) in [7, 11) is 0. The van der Waals surface area contributed by atoms with Crippen LogP contribution < -0.4 is 10.6 Å². The first kappa shape index (κ1) is 42.2. The highest BCUT2D eigenvalue weighted by molar-refractivity contribution is 5.95. The van der Waals surface area contributed by atoms with E-state index in [-0.39, 0.29) is 42.6 Å². The van der Waals surface area contributed by atoms with Crippen molar-refractivity contribution in [1.82, 2.24) is 15.5 Å². The first-order chi connectivity index (χ1) is 25.2. The van der Waals surface area contributed by atoms with Crippen LogP contribution in [0.1, 0.15) is 134 Å². The van der Waals surface area contributed by atoms with Gasteiger partial charge in [0.2, 0.25) is 17.7 Å². The number of phenolic OH excluding ortho intramolecular Hbond substituents is 1. The summed E-state index contributed by atoms with van der Waals surface area (Å²) in [6.07, 6.45) is 17.3. The van der Waals surface area contributed by atoms with Gasteiger partial charge in [0, 0.05) is 38.6 Å². The van der Waals surface area contributed by atoms with Gasteiger partial charge >= 0.3 is 5.97 Å². The summed E-state index contributed by atoms with van der Waals surface area (Å²) in [6.45, 7) is 2.63. The Morgan fingerprint density at radius 2 is 1.19 bits per heavy atom. The molecular formula is C42H61N3O7. The predicted molar refractivity (Wildman–Crippen MR) is 203 cm³/mol. The highest BCUT2D eigenvalue weighted by atomic mass is 16.4. The fourth-order valence-corrected chi connectivity index (χ4v) is 6.92. The van der Waals surface area contributed by atoms with E-state index >= 15 is 0 Å². The molecule has 10 nitrogen and oxygen atoms in total. The van der Waals surface area contributed by atoms with E-state index in [0.717, 1.165) is 24.8 Å². The van der Waals surface area contributed by atoms with Crippen molar-refractivity contribution in [3.05, 3.63) is 65.7 Å². The second-order valence-electron chi connectivity index (χ2n) is 14.3. The maximum atomic E-state index is 13.9. The molecule has 10 heteroatoms. The number of likely N-dealkylation sites (tertiary alicyclic amines) is 1. The van der Waals surface area contributed by atoms with Crippen LogP contribution in [0, 0.1) is 0 Å². The number of amides is 3. The molecule has 3 amide bonds. The number of unbranched alkanes of at least 4 members (excludes halogenated alkanes) is 12. The zero-order chi connectivity index (χ0) is 37.6. The number of carbonyl (C=O) groups is 5. The summed E-state index contributed by atoms with van der Waals surface area (Å²) in [6, 6.07) is 12.8. The lowest BCUT2D eigenvalue weighted by molar-refractivity contribution is -0.142. The third kappa shape index (κ3) is 16.0. The van der Waals surface area contributed by atoms with Crippen LogP contribution in [-0.2, 0) is 36.8 Å². The van der Waals surface area contributed by atoms with Gasteiger partial charge < -0.3 is 25.7 Å². The number of benzene rings is 2. The summed E-state index contributed by atoms with van der Waals surface area (Å²) in [4.78, 5) is 66.4. The number of carboxylic acid groups (broad SMARTS) is 1. The third-order valence-corrected chi connectivity index (χ3v) is 9.94. The van der Waals surface area contributed by atoms with Gasteiger partial charge in [-0.15, -0.1) is 0 Å². The maximum absolute atomic E-state index is 13.9. The molecule has 0 aromatic heterocycles. The van der Waals surface area contributed by atoms with Crippen molar-refractivity contribution in [3.63, 3.8) is 0 Å². The molecule has 3 atom stereocenters. The Morgan fingerprint density at radius 1 is 0.673 bits per heavy atom. The van der Waals surface area contributed by atoms with Gasteiger partial charge in [0.05, 0.1) is 6.04 Å². The summed E-state index contributed by atoms with van der Waals surface area (Å²) >= 11 is 0. The normalized spacial score (nSPS) is 15.2. The first-order valence-corrected chi connectivity index (χ1v) is 19.6. The maximum Gasteiger partial charge on any atom is 0.326 e. The van der Waals surface area contributed by atoms with Crippen LogP contribution in [0.5, 0.6) is 5.75 Å². The minimum Gasteiger partial charge on any atom is -0.508 e. The van der Waals surface area contributed by atoms with E-state index < -0.39 is 30.0 Å². The van der Waals surface area contributed by atoms with Crippen LogP contribution in [0.3, 0.4) is 0 Å². The first-order valence-electron chi connectivity index (χ1n) is 19.6.